The lowest BCUT2D eigenvalue weighted by Gasteiger charge is -2.33. The molecule has 178 valence electrons. The monoisotopic (exact) mass is 480 g/mol. The number of halogens is 3. The van der Waals surface area contributed by atoms with E-state index in [0.29, 0.717) is 17.3 Å². The van der Waals surface area contributed by atoms with Crippen LogP contribution in [0.4, 0.5) is 13.2 Å². The number of sulfonamides is 1. The fourth-order valence-electron chi connectivity index (χ4n) is 3.27. The highest BCUT2D eigenvalue weighted by atomic mass is 32.2. The van der Waals surface area contributed by atoms with E-state index in [0.717, 1.165) is 27.7 Å². The van der Waals surface area contributed by atoms with Crippen LogP contribution in [0.5, 0.6) is 0 Å². The van der Waals surface area contributed by atoms with Crippen molar-refractivity contribution in [3.05, 3.63) is 83.1 Å². The highest BCUT2D eigenvalue weighted by Crippen LogP contribution is 2.39. The van der Waals surface area contributed by atoms with E-state index in [1.54, 1.807) is 18.3 Å². The molecule has 1 aliphatic heterocycles. The lowest BCUT2D eigenvalue weighted by molar-refractivity contribution is -0.141. The number of fused-ring (bicyclic) bond motifs is 1. The van der Waals surface area contributed by atoms with E-state index in [4.69, 9.17) is 0 Å². The van der Waals surface area contributed by atoms with E-state index < -0.39 is 27.9 Å². The summed E-state index contributed by atoms with van der Waals surface area (Å²) in [6.45, 7) is 9.86. The van der Waals surface area contributed by atoms with Crippen LogP contribution >= 0.6 is 0 Å². The molecule has 3 heterocycles. The Labute approximate surface area is 192 Å². The number of aryl methyl sites for hydroxylation is 1. The molecule has 4 rings (SSSR count). The average Bonchev–Trinajstić information content (AvgIpc) is 3.30. The van der Waals surface area contributed by atoms with Gasteiger partial charge in [0.05, 0.1) is 17.9 Å². The van der Waals surface area contributed by atoms with E-state index in [-0.39, 0.29) is 4.90 Å². The lowest BCUT2D eigenvalue weighted by Crippen LogP contribution is -2.33. The molecule has 0 spiro atoms. The van der Waals surface area contributed by atoms with Gasteiger partial charge in [0.25, 0.3) is 10.0 Å². The average molecular weight is 481 g/mol. The Morgan fingerprint density at radius 2 is 1.64 bits per heavy atom. The van der Waals surface area contributed by atoms with E-state index in [9.17, 15) is 21.6 Å². The summed E-state index contributed by atoms with van der Waals surface area (Å²) in [4.78, 5) is 2.95. The van der Waals surface area contributed by atoms with Crippen molar-refractivity contribution in [1.29, 1.82) is 0 Å². The summed E-state index contributed by atoms with van der Waals surface area (Å²) in [5, 5.41) is 6.82. The van der Waals surface area contributed by atoms with Crippen LogP contribution in [0.2, 0.25) is 0 Å². The van der Waals surface area contributed by atoms with Crippen LogP contribution in [0, 0.1) is 6.92 Å². The Morgan fingerprint density at radius 3 is 2.21 bits per heavy atom. The molecule has 0 fully saturated rings. The van der Waals surface area contributed by atoms with Crippen molar-refractivity contribution < 1.29 is 21.6 Å². The molecule has 0 amide bonds. The standard InChI is InChI=1S/C19H15F3N4O2S.2C2H6/c1-12-4-2-3-5-14(12)18-15-11-24-25-16(15)8-9-26(18)29(27,28)13-6-7-17(23-10-13)19(20,21)22;2*1-2/h2-11,18H,1H3,(H,24,25);2*1-2H3. The number of hydrogen-bond acceptors (Lipinski definition) is 4. The van der Waals surface area contributed by atoms with Crippen molar-refractivity contribution in [2.24, 2.45) is 0 Å². The van der Waals surface area contributed by atoms with Crippen molar-refractivity contribution in [2.75, 3.05) is 0 Å². The van der Waals surface area contributed by atoms with Gasteiger partial charge in [0, 0.05) is 18.0 Å². The van der Waals surface area contributed by atoms with Gasteiger partial charge in [0.1, 0.15) is 10.6 Å². The molecule has 6 nitrogen and oxygen atoms in total. The molecule has 3 aromatic rings. The van der Waals surface area contributed by atoms with Gasteiger partial charge in [-0.25, -0.2) is 8.42 Å². The molecule has 1 aliphatic rings. The first-order valence-electron chi connectivity index (χ1n) is 10.5. The zero-order valence-electron chi connectivity index (χ0n) is 19.1. The molecule has 0 saturated carbocycles. The number of benzene rings is 1. The van der Waals surface area contributed by atoms with Crippen LogP contribution < -0.4 is 0 Å². The van der Waals surface area contributed by atoms with E-state index in [2.05, 4.69) is 15.2 Å². The number of rotatable bonds is 3. The zero-order chi connectivity index (χ0) is 24.8. The minimum absolute atomic E-state index is 0.333. The van der Waals surface area contributed by atoms with Crippen LogP contribution in [-0.4, -0.2) is 27.9 Å². The number of H-pyrrole nitrogens is 1. The van der Waals surface area contributed by atoms with Crippen molar-refractivity contribution in [3.8, 4) is 0 Å². The first-order valence-corrected chi connectivity index (χ1v) is 12.0. The van der Waals surface area contributed by atoms with Gasteiger partial charge in [-0.2, -0.15) is 18.3 Å². The Bertz CT molecular complexity index is 1190. The Balaban J connectivity index is 0.000000914. The molecule has 10 heteroatoms. The summed E-state index contributed by atoms with van der Waals surface area (Å²) >= 11 is 0. The SMILES string of the molecule is CC.CC.Cc1ccccc1C1c2cn[nH]c2C=CN1S(=O)(=O)c1ccc(C(F)(F)F)nc1. The summed E-state index contributed by atoms with van der Waals surface area (Å²) in [7, 11) is -4.18. The number of aromatic nitrogens is 3. The van der Waals surface area contributed by atoms with Crippen LogP contribution in [0.25, 0.3) is 6.08 Å². The number of alkyl halides is 3. The van der Waals surface area contributed by atoms with E-state index in [1.165, 1.54) is 6.20 Å². The van der Waals surface area contributed by atoms with E-state index >= 15 is 0 Å². The van der Waals surface area contributed by atoms with Crippen LogP contribution in [0.1, 0.15) is 61.8 Å². The van der Waals surface area contributed by atoms with Gasteiger partial charge in [0.15, 0.2) is 0 Å². The number of pyridine rings is 1. The third-order valence-electron chi connectivity index (χ3n) is 4.72. The second kappa shape index (κ2) is 10.7. The first-order chi connectivity index (χ1) is 15.7. The third-order valence-corrected chi connectivity index (χ3v) is 6.45. The van der Waals surface area contributed by atoms with Crippen LogP contribution in [-0.2, 0) is 16.2 Å². The fraction of sp³-hybridized carbons (Fsp3) is 0.304. The fourth-order valence-corrected chi connectivity index (χ4v) is 4.66. The van der Waals surface area contributed by atoms with Crippen molar-refractivity contribution in [1.82, 2.24) is 19.5 Å². The Kier molecular flexibility index (Phi) is 8.43. The normalized spacial score (nSPS) is 15.0. The number of nitrogens with one attached hydrogen (secondary N) is 1. The van der Waals surface area contributed by atoms with Gasteiger partial charge < -0.3 is 0 Å². The highest BCUT2D eigenvalue weighted by Gasteiger charge is 2.37. The largest absolute Gasteiger partial charge is 0.433 e. The molecular weight excluding hydrogens is 453 g/mol. The number of aromatic amines is 1. The molecule has 2 aromatic heterocycles. The molecule has 1 atom stereocenters. The summed E-state index contributed by atoms with van der Waals surface area (Å²) in [5.41, 5.74) is 1.76. The highest BCUT2D eigenvalue weighted by molar-refractivity contribution is 7.89. The Hall–Kier alpha value is -3.14. The minimum atomic E-state index is -4.65. The topological polar surface area (TPSA) is 79.0 Å². The quantitative estimate of drug-likeness (QED) is 0.503. The van der Waals surface area contributed by atoms with Gasteiger partial charge in [-0.05, 0) is 36.3 Å². The maximum Gasteiger partial charge on any atom is 0.433 e. The summed E-state index contributed by atoms with van der Waals surface area (Å²) < 4.78 is 66.1. The predicted octanol–water partition coefficient (Wildman–Crippen LogP) is 5.95. The zero-order valence-corrected chi connectivity index (χ0v) is 19.9. The summed E-state index contributed by atoms with van der Waals surface area (Å²) in [6, 6.07) is 8.16. The molecule has 0 bridgehead atoms. The second-order valence-electron chi connectivity index (χ2n) is 6.53. The van der Waals surface area contributed by atoms with Crippen molar-refractivity contribution in [3.63, 3.8) is 0 Å². The molecule has 1 N–H and O–H groups in total. The van der Waals surface area contributed by atoms with Gasteiger partial charge in [-0.3, -0.25) is 14.4 Å². The number of nitrogens with zero attached hydrogens (tertiary/aromatic N) is 3. The molecule has 1 aromatic carbocycles. The van der Waals surface area contributed by atoms with E-state index in [1.807, 2.05) is 52.8 Å². The number of hydrogen-bond donors (Lipinski definition) is 1. The van der Waals surface area contributed by atoms with Gasteiger partial charge in [-0.1, -0.05) is 52.0 Å². The van der Waals surface area contributed by atoms with Gasteiger partial charge in [0.2, 0.25) is 0 Å². The van der Waals surface area contributed by atoms with Crippen LogP contribution in [0.3, 0.4) is 0 Å². The molecule has 1 unspecified atom stereocenters. The smallest absolute Gasteiger partial charge is 0.278 e. The second-order valence-corrected chi connectivity index (χ2v) is 8.37. The molecule has 0 radical (unpaired) electrons. The van der Waals surface area contributed by atoms with Crippen LogP contribution in [0.15, 0.2) is 59.9 Å². The van der Waals surface area contributed by atoms with Gasteiger partial charge in [-0.15, -0.1) is 0 Å². The summed E-state index contributed by atoms with van der Waals surface area (Å²) in [6.07, 6.45) is 0.564. The maximum atomic E-state index is 13.3. The van der Waals surface area contributed by atoms with Gasteiger partial charge >= 0.3 is 6.18 Å². The first kappa shape index (κ1) is 26.1. The molecule has 0 saturated heterocycles. The molecular formula is C23H27F3N4O2S. The minimum Gasteiger partial charge on any atom is -0.278 e. The predicted molar refractivity (Wildman–Crippen MR) is 122 cm³/mol. The maximum absolute atomic E-state index is 13.3. The molecule has 33 heavy (non-hydrogen) atoms. The summed E-state index contributed by atoms with van der Waals surface area (Å²) in [5.74, 6) is 0. The Morgan fingerprint density at radius 1 is 0.970 bits per heavy atom. The molecule has 0 aliphatic carbocycles. The third kappa shape index (κ3) is 5.27. The van der Waals surface area contributed by atoms with Crippen molar-refractivity contribution in [2.45, 2.75) is 51.7 Å². The van der Waals surface area contributed by atoms with Crippen molar-refractivity contribution >= 4 is 16.1 Å². The lowest BCUT2D eigenvalue weighted by atomic mass is 9.94.